The van der Waals surface area contributed by atoms with Crippen LogP contribution in [-0.4, -0.2) is 38.3 Å². The lowest BCUT2D eigenvalue weighted by Crippen LogP contribution is -2.35. The van der Waals surface area contributed by atoms with Crippen molar-refractivity contribution in [1.29, 1.82) is 0 Å². The topological polar surface area (TPSA) is 21.7 Å². The molecule has 0 N–H and O–H groups in total. The van der Waals surface area contributed by atoms with E-state index in [1.165, 1.54) is 17.7 Å². The van der Waals surface area contributed by atoms with Crippen LogP contribution in [-0.2, 0) is 11.3 Å². The Morgan fingerprint density at radius 2 is 1.95 bits per heavy atom. The maximum Gasteiger partial charge on any atom is 0.126 e. The molecule has 1 heterocycles. The summed E-state index contributed by atoms with van der Waals surface area (Å²) in [5.41, 5.74) is 2.95. The van der Waals surface area contributed by atoms with Crippen molar-refractivity contribution in [2.45, 2.75) is 6.54 Å². The maximum atomic E-state index is 13.5. The van der Waals surface area contributed by atoms with Crippen molar-refractivity contribution in [2.75, 3.05) is 33.4 Å². The third-order valence-electron chi connectivity index (χ3n) is 3.91. The van der Waals surface area contributed by atoms with E-state index < -0.39 is 0 Å². The lowest BCUT2D eigenvalue weighted by Gasteiger charge is -2.26. The molecule has 0 saturated carbocycles. The number of nitrogens with zero attached hydrogens (tertiary/aromatic N) is 1. The van der Waals surface area contributed by atoms with Gasteiger partial charge in [0, 0.05) is 25.2 Å². The zero-order valence-corrected chi connectivity index (χ0v) is 12.7. The molecule has 0 unspecified atom stereocenters. The second-order valence-corrected chi connectivity index (χ2v) is 5.43. The van der Waals surface area contributed by atoms with Crippen LogP contribution in [0.4, 0.5) is 4.39 Å². The highest BCUT2D eigenvalue weighted by molar-refractivity contribution is 5.71. The average molecular weight is 301 g/mol. The summed E-state index contributed by atoms with van der Waals surface area (Å²) in [7, 11) is 1.64. The third kappa shape index (κ3) is 3.46. The van der Waals surface area contributed by atoms with Gasteiger partial charge in [-0.05, 0) is 35.4 Å². The van der Waals surface area contributed by atoms with Crippen molar-refractivity contribution in [3.63, 3.8) is 0 Å². The number of methoxy groups -OCH3 is 1. The van der Waals surface area contributed by atoms with E-state index in [9.17, 15) is 4.39 Å². The Hall–Kier alpha value is -1.91. The Kier molecular flexibility index (Phi) is 4.71. The van der Waals surface area contributed by atoms with Crippen molar-refractivity contribution in [2.24, 2.45) is 0 Å². The largest absolute Gasteiger partial charge is 0.496 e. The van der Waals surface area contributed by atoms with Gasteiger partial charge in [-0.3, -0.25) is 4.90 Å². The second-order valence-electron chi connectivity index (χ2n) is 5.43. The average Bonchev–Trinajstić information content (AvgIpc) is 2.56. The van der Waals surface area contributed by atoms with Crippen molar-refractivity contribution in [3.8, 4) is 16.9 Å². The predicted molar refractivity (Wildman–Crippen MR) is 84.5 cm³/mol. The monoisotopic (exact) mass is 301 g/mol. The first-order valence-corrected chi connectivity index (χ1v) is 7.49. The molecule has 1 fully saturated rings. The molecule has 22 heavy (non-hydrogen) atoms. The number of rotatable bonds is 4. The molecular formula is C18H20FNO2. The van der Waals surface area contributed by atoms with Gasteiger partial charge < -0.3 is 9.47 Å². The molecule has 1 aliphatic rings. The first-order chi connectivity index (χ1) is 10.8. The van der Waals surface area contributed by atoms with Crippen LogP contribution >= 0.6 is 0 Å². The second kappa shape index (κ2) is 6.90. The molecule has 2 aromatic carbocycles. The van der Waals surface area contributed by atoms with Crippen LogP contribution in [0.5, 0.6) is 5.75 Å². The van der Waals surface area contributed by atoms with E-state index >= 15 is 0 Å². The lowest BCUT2D eigenvalue weighted by molar-refractivity contribution is 0.0342. The van der Waals surface area contributed by atoms with Crippen molar-refractivity contribution in [1.82, 2.24) is 4.90 Å². The molecule has 0 amide bonds. The highest BCUT2D eigenvalue weighted by Gasteiger charge is 2.13. The molecular weight excluding hydrogens is 281 g/mol. The summed E-state index contributed by atoms with van der Waals surface area (Å²) in [5, 5.41) is 0. The first kappa shape index (κ1) is 15.0. The number of hydrogen-bond donors (Lipinski definition) is 0. The maximum absolute atomic E-state index is 13.5. The molecule has 3 rings (SSSR count). The smallest absolute Gasteiger partial charge is 0.126 e. The summed E-state index contributed by atoms with van der Waals surface area (Å²) in [4.78, 5) is 2.36. The van der Waals surface area contributed by atoms with Crippen LogP contribution in [0.15, 0.2) is 42.5 Å². The molecule has 0 atom stereocenters. The molecule has 0 aliphatic carbocycles. The van der Waals surface area contributed by atoms with E-state index in [4.69, 9.17) is 9.47 Å². The molecule has 1 aliphatic heterocycles. The summed E-state index contributed by atoms with van der Waals surface area (Å²) >= 11 is 0. The Bertz CT molecular complexity index is 639. The van der Waals surface area contributed by atoms with Crippen LogP contribution in [0.1, 0.15) is 5.56 Å². The zero-order chi connectivity index (χ0) is 15.4. The summed E-state index contributed by atoms with van der Waals surface area (Å²) in [6.07, 6.45) is 0. The normalized spacial score (nSPS) is 15.7. The van der Waals surface area contributed by atoms with Crippen molar-refractivity contribution in [3.05, 3.63) is 53.8 Å². The lowest BCUT2D eigenvalue weighted by atomic mass is 10.0. The molecule has 0 radical (unpaired) electrons. The van der Waals surface area contributed by atoms with E-state index in [-0.39, 0.29) is 5.82 Å². The standard InChI is InChI=1S/C18H20FNO2/c1-21-18-6-5-14(13-20-7-9-22-10-8-20)11-17(18)15-3-2-4-16(19)12-15/h2-6,11-12H,7-10,13H2,1H3. The number of ether oxygens (including phenoxy) is 2. The van der Waals surface area contributed by atoms with Gasteiger partial charge in [0.25, 0.3) is 0 Å². The molecule has 0 bridgehead atoms. The van der Waals surface area contributed by atoms with Crippen LogP contribution < -0.4 is 4.74 Å². The van der Waals surface area contributed by atoms with E-state index in [1.807, 2.05) is 12.1 Å². The fraction of sp³-hybridized carbons (Fsp3) is 0.333. The van der Waals surface area contributed by atoms with Gasteiger partial charge in [-0.1, -0.05) is 18.2 Å². The first-order valence-electron chi connectivity index (χ1n) is 7.49. The summed E-state index contributed by atoms with van der Waals surface area (Å²) in [6, 6.07) is 12.7. The van der Waals surface area contributed by atoms with Crippen LogP contribution in [0.2, 0.25) is 0 Å². The van der Waals surface area contributed by atoms with Crippen molar-refractivity contribution < 1.29 is 13.9 Å². The van der Waals surface area contributed by atoms with Gasteiger partial charge in [-0.25, -0.2) is 4.39 Å². The van der Waals surface area contributed by atoms with E-state index in [2.05, 4.69) is 17.0 Å². The minimum absolute atomic E-state index is 0.238. The fourth-order valence-electron chi connectivity index (χ4n) is 2.75. The van der Waals surface area contributed by atoms with E-state index in [0.29, 0.717) is 0 Å². The van der Waals surface area contributed by atoms with Gasteiger partial charge in [0.15, 0.2) is 0 Å². The van der Waals surface area contributed by atoms with Crippen molar-refractivity contribution >= 4 is 0 Å². The molecule has 2 aromatic rings. The highest BCUT2D eigenvalue weighted by Crippen LogP contribution is 2.31. The van der Waals surface area contributed by atoms with Gasteiger partial charge in [0.1, 0.15) is 11.6 Å². The summed E-state index contributed by atoms with van der Waals surface area (Å²) in [5.74, 6) is 0.523. The van der Waals surface area contributed by atoms with E-state index in [0.717, 1.165) is 49.7 Å². The van der Waals surface area contributed by atoms with Crippen LogP contribution in [0.25, 0.3) is 11.1 Å². The number of benzene rings is 2. The Labute approximate surface area is 130 Å². The molecule has 4 heteroatoms. The fourth-order valence-corrected chi connectivity index (χ4v) is 2.75. The number of hydrogen-bond acceptors (Lipinski definition) is 3. The number of halogens is 1. The highest BCUT2D eigenvalue weighted by atomic mass is 19.1. The molecule has 0 spiro atoms. The zero-order valence-electron chi connectivity index (χ0n) is 12.7. The Morgan fingerprint density at radius 3 is 2.68 bits per heavy atom. The van der Waals surface area contributed by atoms with Gasteiger partial charge in [0.05, 0.1) is 20.3 Å². The molecule has 116 valence electrons. The molecule has 1 saturated heterocycles. The minimum Gasteiger partial charge on any atom is -0.496 e. The van der Waals surface area contributed by atoms with Gasteiger partial charge in [0.2, 0.25) is 0 Å². The van der Waals surface area contributed by atoms with E-state index in [1.54, 1.807) is 13.2 Å². The van der Waals surface area contributed by atoms with Gasteiger partial charge >= 0.3 is 0 Å². The quantitative estimate of drug-likeness (QED) is 0.864. The van der Waals surface area contributed by atoms with Crippen LogP contribution in [0, 0.1) is 5.82 Å². The van der Waals surface area contributed by atoms with Gasteiger partial charge in [-0.15, -0.1) is 0 Å². The van der Waals surface area contributed by atoms with Gasteiger partial charge in [-0.2, -0.15) is 0 Å². The molecule has 0 aromatic heterocycles. The Morgan fingerprint density at radius 1 is 1.14 bits per heavy atom. The van der Waals surface area contributed by atoms with Crippen LogP contribution in [0.3, 0.4) is 0 Å². The third-order valence-corrected chi connectivity index (χ3v) is 3.91. The minimum atomic E-state index is -0.238. The number of morpholine rings is 1. The Balaban J connectivity index is 1.89. The molecule has 3 nitrogen and oxygen atoms in total. The summed E-state index contributed by atoms with van der Waals surface area (Å²) in [6.45, 7) is 4.33. The SMILES string of the molecule is COc1ccc(CN2CCOCC2)cc1-c1cccc(F)c1. The predicted octanol–water partition coefficient (Wildman–Crippen LogP) is 3.33. The summed E-state index contributed by atoms with van der Waals surface area (Å²) < 4.78 is 24.3.